The van der Waals surface area contributed by atoms with Gasteiger partial charge < -0.3 is 10.6 Å². The van der Waals surface area contributed by atoms with E-state index in [1.807, 2.05) is 0 Å². The van der Waals surface area contributed by atoms with Gasteiger partial charge in [-0.3, -0.25) is 19.2 Å². The average Bonchev–Trinajstić information content (AvgIpc) is 2.84. The summed E-state index contributed by atoms with van der Waals surface area (Å²) < 4.78 is 0. The summed E-state index contributed by atoms with van der Waals surface area (Å²) in [5, 5.41) is 5.46. The van der Waals surface area contributed by atoms with Gasteiger partial charge in [-0.2, -0.15) is 0 Å². The number of hydrogen-bond donors (Lipinski definition) is 2. The van der Waals surface area contributed by atoms with Crippen LogP contribution in [0.25, 0.3) is 0 Å². The van der Waals surface area contributed by atoms with E-state index in [1.165, 1.54) is 0 Å². The summed E-state index contributed by atoms with van der Waals surface area (Å²) >= 11 is 0. The van der Waals surface area contributed by atoms with Crippen molar-refractivity contribution in [1.29, 1.82) is 0 Å². The lowest BCUT2D eigenvalue weighted by Gasteiger charge is -2.16. The lowest BCUT2D eigenvalue weighted by atomic mass is 9.98. The van der Waals surface area contributed by atoms with Crippen molar-refractivity contribution in [3.8, 4) is 0 Å². The fourth-order valence-corrected chi connectivity index (χ4v) is 3.02. The molecule has 2 heterocycles. The highest BCUT2D eigenvalue weighted by atomic mass is 16.2. The summed E-state index contributed by atoms with van der Waals surface area (Å²) in [5.74, 6) is -0.330. The number of rotatable bonds is 5. The Morgan fingerprint density at radius 2 is 1.18 bits per heavy atom. The predicted molar refractivity (Wildman–Crippen MR) is 80.0 cm³/mol. The van der Waals surface area contributed by atoms with E-state index in [0.717, 1.165) is 25.7 Å². The first-order chi connectivity index (χ1) is 10.6. The maximum atomic E-state index is 12.2. The fourth-order valence-electron chi connectivity index (χ4n) is 3.02. The van der Waals surface area contributed by atoms with Crippen LogP contribution in [0, 0.1) is 0 Å². The molecule has 2 atom stereocenters. The molecule has 0 spiro atoms. The molecule has 2 aliphatic rings. The largest absolute Gasteiger partial charge is 0.346 e. The summed E-state index contributed by atoms with van der Waals surface area (Å²) in [4.78, 5) is 47.3. The molecular weight excluding hydrogens is 284 g/mol. The van der Waals surface area contributed by atoms with Crippen LogP contribution in [-0.4, -0.2) is 35.5 Å². The van der Waals surface area contributed by atoms with Gasteiger partial charge >= 0.3 is 0 Å². The highest BCUT2D eigenvalue weighted by Crippen LogP contribution is 2.15. The first-order valence-electron chi connectivity index (χ1n) is 8.20. The van der Waals surface area contributed by atoms with Crippen molar-refractivity contribution in [1.82, 2.24) is 10.6 Å². The number of ketones is 2. The van der Waals surface area contributed by atoms with Crippen molar-refractivity contribution in [2.45, 2.75) is 76.3 Å². The molecule has 0 aromatic rings. The number of hydrogen-bond acceptors (Lipinski definition) is 4. The molecular formula is C16H24N2O4. The van der Waals surface area contributed by atoms with Crippen molar-refractivity contribution in [3.05, 3.63) is 0 Å². The van der Waals surface area contributed by atoms with Crippen LogP contribution in [0.5, 0.6) is 0 Å². The van der Waals surface area contributed by atoms with E-state index >= 15 is 0 Å². The third-order valence-corrected chi connectivity index (χ3v) is 4.36. The number of nitrogens with one attached hydrogen (secondary N) is 2. The van der Waals surface area contributed by atoms with Gasteiger partial charge in [0.1, 0.15) is 0 Å². The zero-order valence-corrected chi connectivity index (χ0v) is 12.9. The van der Waals surface area contributed by atoms with Crippen LogP contribution in [0.1, 0.15) is 64.2 Å². The number of carbonyl (C=O) groups excluding carboxylic acids is 4. The molecule has 2 amide bonds. The Labute approximate surface area is 130 Å². The Morgan fingerprint density at radius 1 is 0.773 bits per heavy atom. The van der Waals surface area contributed by atoms with Crippen LogP contribution in [-0.2, 0) is 19.2 Å². The van der Waals surface area contributed by atoms with Crippen molar-refractivity contribution < 1.29 is 19.2 Å². The van der Waals surface area contributed by atoms with Gasteiger partial charge in [-0.25, -0.2) is 0 Å². The van der Waals surface area contributed by atoms with Crippen molar-refractivity contribution >= 4 is 23.4 Å². The molecule has 2 rings (SSSR count). The molecule has 0 aromatic carbocycles. The minimum atomic E-state index is -0.452. The predicted octanol–water partition coefficient (Wildman–Crippen LogP) is 1.02. The van der Waals surface area contributed by atoms with Gasteiger partial charge in [-0.15, -0.1) is 0 Å². The van der Waals surface area contributed by atoms with Crippen molar-refractivity contribution in [2.75, 3.05) is 0 Å². The van der Waals surface area contributed by atoms with Crippen molar-refractivity contribution in [3.63, 3.8) is 0 Å². The molecule has 0 aromatic heterocycles. The number of Topliss-reactive ketones (excluding diaryl/α,β-unsaturated/α-hetero) is 2. The first kappa shape index (κ1) is 16.6. The van der Waals surface area contributed by atoms with E-state index < -0.39 is 12.1 Å². The Bertz CT molecular complexity index is 419. The molecule has 22 heavy (non-hydrogen) atoms. The smallest absolute Gasteiger partial charge is 0.220 e. The van der Waals surface area contributed by atoms with E-state index in [2.05, 4.69) is 10.6 Å². The second-order valence-corrected chi connectivity index (χ2v) is 6.16. The third-order valence-electron chi connectivity index (χ3n) is 4.36. The molecule has 122 valence electrons. The van der Waals surface area contributed by atoms with E-state index in [1.54, 1.807) is 0 Å². The van der Waals surface area contributed by atoms with E-state index in [0.29, 0.717) is 25.7 Å². The Balaban J connectivity index is 1.80. The van der Waals surface area contributed by atoms with Crippen LogP contribution in [0.3, 0.4) is 0 Å². The number of amides is 2. The molecule has 0 radical (unpaired) electrons. The van der Waals surface area contributed by atoms with Crippen LogP contribution in [0.4, 0.5) is 0 Å². The summed E-state index contributed by atoms with van der Waals surface area (Å²) in [6.45, 7) is 0. The van der Waals surface area contributed by atoms with Gasteiger partial charge in [-0.1, -0.05) is 12.8 Å². The first-order valence-corrected chi connectivity index (χ1v) is 8.20. The maximum Gasteiger partial charge on any atom is 0.220 e. The summed E-state index contributed by atoms with van der Waals surface area (Å²) in [7, 11) is 0. The second kappa shape index (κ2) is 8.06. The zero-order valence-electron chi connectivity index (χ0n) is 12.9. The van der Waals surface area contributed by atoms with Crippen LogP contribution < -0.4 is 10.6 Å². The Hall–Kier alpha value is -1.72. The van der Waals surface area contributed by atoms with E-state index in [-0.39, 0.29) is 36.2 Å². The van der Waals surface area contributed by atoms with Crippen LogP contribution in [0.2, 0.25) is 0 Å². The molecule has 0 saturated carbocycles. The highest BCUT2D eigenvalue weighted by molar-refractivity contribution is 5.94. The van der Waals surface area contributed by atoms with Gasteiger partial charge in [-0.05, 0) is 25.7 Å². The topological polar surface area (TPSA) is 92.3 Å². The summed E-state index contributed by atoms with van der Waals surface area (Å²) in [6, 6.07) is -0.905. The molecule has 2 N–H and O–H groups in total. The van der Waals surface area contributed by atoms with Gasteiger partial charge in [0, 0.05) is 25.7 Å². The molecule has 2 saturated heterocycles. The molecule has 2 aliphatic heterocycles. The molecule has 0 bridgehead atoms. The van der Waals surface area contributed by atoms with Crippen LogP contribution >= 0.6 is 0 Å². The SMILES string of the molecule is O=C1CCCCC(C(=O)CCC(=O)C2CCCCC(=O)N2)N1. The standard InChI is InChI=1S/C16H24N2O4/c19-13(11-5-1-3-7-15(21)17-11)9-10-14(20)12-6-2-4-8-16(22)18-12/h11-12H,1-10H2,(H,17,21)(H,18,22). The van der Waals surface area contributed by atoms with Gasteiger partial charge in [0.25, 0.3) is 0 Å². The zero-order chi connectivity index (χ0) is 15.9. The Kier molecular flexibility index (Phi) is 6.10. The number of carbonyl (C=O) groups is 4. The Morgan fingerprint density at radius 3 is 1.59 bits per heavy atom. The van der Waals surface area contributed by atoms with E-state index in [4.69, 9.17) is 0 Å². The maximum absolute atomic E-state index is 12.2. The summed E-state index contributed by atoms with van der Waals surface area (Å²) in [5.41, 5.74) is 0. The van der Waals surface area contributed by atoms with E-state index in [9.17, 15) is 19.2 Å². The lowest BCUT2D eigenvalue weighted by molar-refractivity contribution is -0.130. The van der Waals surface area contributed by atoms with Crippen LogP contribution in [0.15, 0.2) is 0 Å². The molecule has 2 fully saturated rings. The molecule has 6 nitrogen and oxygen atoms in total. The van der Waals surface area contributed by atoms with Gasteiger partial charge in [0.15, 0.2) is 11.6 Å². The lowest BCUT2D eigenvalue weighted by Crippen LogP contribution is -2.41. The monoisotopic (exact) mass is 308 g/mol. The van der Waals surface area contributed by atoms with Crippen molar-refractivity contribution in [2.24, 2.45) is 0 Å². The fraction of sp³-hybridized carbons (Fsp3) is 0.750. The molecule has 2 unspecified atom stereocenters. The molecule has 6 heteroatoms. The molecule has 0 aliphatic carbocycles. The van der Waals surface area contributed by atoms with Gasteiger partial charge in [0.05, 0.1) is 12.1 Å². The average molecular weight is 308 g/mol. The quantitative estimate of drug-likeness (QED) is 0.793. The minimum absolute atomic E-state index is 0.0800. The minimum Gasteiger partial charge on any atom is -0.346 e. The van der Waals surface area contributed by atoms with Gasteiger partial charge in [0.2, 0.25) is 11.8 Å². The highest BCUT2D eigenvalue weighted by Gasteiger charge is 2.26. The third kappa shape index (κ3) is 4.93. The summed E-state index contributed by atoms with van der Waals surface area (Å²) in [6.07, 6.45) is 5.83. The second-order valence-electron chi connectivity index (χ2n) is 6.16. The normalized spacial score (nSPS) is 26.4.